The molecule has 0 aliphatic rings. The normalized spacial score (nSPS) is 12.8. The molecule has 0 amide bonds. The fourth-order valence-corrected chi connectivity index (χ4v) is 5.60. The summed E-state index contributed by atoms with van der Waals surface area (Å²) in [4.78, 5) is 19.2. The van der Waals surface area contributed by atoms with Gasteiger partial charge in [-0.25, -0.2) is 13.4 Å². The summed E-state index contributed by atoms with van der Waals surface area (Å²) in [6, 6.07) is 9.02. The van der Waals surface area contributed by atoms with Gasteiger partial charge in [0.2, 0.25) is 0 Å². The highest BCUT2D eigenvalue weighted by Gasteiger charge is 2.30. The Hall–Kier alpha value is -3.66. The molecule has 0 radical (unpaired) electrons. The van der Waals surface area contributed by atoms with Crippen LogP contribution in [0.2, 0.25) is 0 Å². The minimum absolute atomic E-state index is 0.105. The first-order valence-corrected chi connectivity index (χ1v) is 12.3. The van der Waals surface area contributed by atoms with E-state index in [1.807, 2.05) is 0 Å². The highest BCUT2D eigenvalue weighted by atomic mass is 32.2. The van der Waals surface area contributed by atoms with Crippen LogP contribution in [0, 0.1) is 11.8 Å². The molecule has 0 unspecified atom stereocenters. The fourth-order valence-electron chi connectivity index (χ4n) is 3.23. The zero-order valence-electron chi connectivity index (χ0n) is 17.6. The Morgan fingerprint density at radius 2 is 1.89 bits per heavy atom. The second-order valence-corrected chi connectivity index (χ2v) is 10.4. The molecular formula is C23H16F3N3O4S2. The molecular weight excluding hydrogens is 503 g/mol. The number of thiophene rings is 1. The van der Waals surface area contributed by atoms with Gasteiger partial charge in [0.05, 0.1) is 10.4 Å². The molecule has 0 spiro atoms. The average Bonchev–Trinajstić information content (AvgIpc) is 3.45. The van der Waals surface area contributed by atoms with Gasteiger partial charge in [0.1, 0.15) is 15.9 Å². The van der Waals surface area contributed by atoms with Gasteiger partial charge >= 0.3 is 12.1 Å². The number of carboxylic acid groups (broad SMARTS) is 1. The highest BCUT2D eigenvalue weighted by Crippen LogP contribution is 2.29. The number of pyridine rings is 1. The van der Waals surface area contributed by atoms with E-state index in [1.54, 1.807) is 24.5 Å². The number of halogens is 3. The smallest absolute Gasteiger partial charge is 0.416 e. The van der Waals surface area contributed by atoms with Gasteiger partial charge in [0.15, 0.2) is 0 Å². The van der Waals surface area contributed by atoms with E-state index in [1.165, 1.54) is 24.3 Å². The zero-order chi connectivity index (χ0) is 25.2. The summed E-state index contributed by atoms with van der Waals surface area (Å²) in [5, 5.41) is 10.3. The van der Waals surface area contributed by atoms with Crippen molar-refractivity contribution in [1.82, 2.24) is 14.7 Å². The number of benzene rings is 1. The Balaban J connectivity index is 1.50. The van der Waals surface area contributed by atoms with Crippen LogP contribution in [0.15, 0.2) is 65.1 Å². The predicted octanol–water partition coefficient (Wildman–Crippen LogP) is 4.02. The van der Waals surface area contributed by atoms with Crippen LogP contribution in [0.1, 0.15) is 21.6 Å². The van der Waals surface area contributed by atoms with E-state index >= 15 is 0 Å². The summed E-state index contributed by atoms with van der Waals surface area (Å²) in [5.74, 6) is 4.05. The number of nitrogens with one attached hydrogen (secondary N) is 2. The maximum absolute atomic E-state index is 12.8. The van der Waals surface area contributed by atoms with Crippen molar-refractivity contribution in [3.63, 3.8) is 0 Å². The van der Waals surface area contributed by atoms with Gasteiger partial charge in [0, 0.05) is 29.8 Å². The number of aromatic nitrogens is 2. The third-order valence-electron chi connectivity index (χ3n) is 4.94. The van der Waals surface area contributed by atoms with E-state index in [-0.39, 0.29) is 10.6 Å². The van der Waals surface area contributed by atoms with Crippen LogP contribution in [-0.2, 0) is 27.4 Å². The van der Waals surface area contributed by atoms with Crippen LogP contribution in [0.5, 0.6) is 0 Å². The lowest BCUT2D eigenvalue weighted by Gasteiger charge is -2.13. The molecule has 1 atom stereocenters. The summed E-state index contributed by atoms with van der Waals surface area (Å²) < 4.78 is 65.7. The molecule has 0 bridgehead atoms. The van der Waals surface area contributed by atoms with Crippen molar-refractivity contribution in [1.29, 1.82) is 0 Å². The number of H-pyrrole nitrogens is 1. The molecule has 4 aromatic rings. The van der Waals surface area contributed by atoms with Gasteiger partial charge in [-0.2, -0.15) is 17.9 Å². The number of aliphatic carboxylic acids is 1. The minimum Gasteiger partial charge on any atom is -0.480 e. The number of carboxylic acids is 1. The number of rotatable bonds is 6. The van der Waals surface area contributed by atoms with Crippen molar-refractivity contribution in [2.75, 3.05) is 0 Å². The van der Waals surface area contributed by atoms with E-state index < -0.39 is 33.8 Å². The molecule has 0 aliphatic heterocycles. The number of sulfonamides is 1. The lowest BCUT2D eigenvalue weighted by atomic mass is 10.1. The molecule has 7 nitrogen and oxygen atoms in total. The van der Waals surface area contributed by atoms with Crippen molar-refractivity contribution in [3.8, 4) is 11.8 Å². The molecule has 3 N–H and O–H groups in total. The average molecular weight is 520 g/mol. The van der Waals surface area contributed by atoms with Gasteiger partial charge in [0.25, 0.3) is 10.0 Å². The van der Waals surface area contributed by atoms with Crippen molar-refractivity contribution in [2.45, 2.75) is 22.8 Å². The van der Waals surface area contributed by atoms with Crippen LogP contribution in [0.25, 0.3) is 11.0 Å². The second kappa shape index (κ2) is 9.53. The molecule has 0 saturated heterocycles. The quantitative estimate of drug-likeness (QED) is 0.333. The summed E-state index contributed by atoms with van der Waals surface area (Å²) >= 11 is 0.818. The number of fused-ring (bicyclic) bond motifs is 1. The van der Waals surface area contributed by atoms with Gasteiger partial charge < -0.3 is 10.1 Å². The van der Waals surface area contributed by atoms with Gasteiger partial charge in [-0.1, -0.05) is 11.8 Å². The highest BCUT2D eigenvalue weighted by molar-refractivity contribution is 7.91. The van der Waals surface area contributed by atoms with Gasteiger partial charge in [-0.3, -0.25) is 4.79 Å². The molecule has 35 heavy (non-hydrogen) atoms. The number of hydrogen-bond acceptors (Lipinski definition) is 5. The Bertz CT molecular complexity index is 1550. The molecule has 0 saturated carbocycles. The van der Waals surface area contributed by atoms with Crippen LogP contribution in [0.4, 0.5) is 13.2 Å². The summed E-state index contributed by atoms with van der Waals surface area (Å²) in [7, 11) is -4.18. The molecule has 12 heteroatoms. The Labute approximate surface area is 201 Å². The number of carbonyl (C=O) groups is 1. The zero-order valence-corrected chi connectivity index (χ0v) is 19.3. The van der Waals surface area contributed by atoms with Crippen molar-refractivity contribution in [2.24, 2.45) is 0 Å². The lowest BCUT2D eigenvalue weighted by Crippen LogP contribution is -2.41. The molecule has 180 valence electrons. The van der Waals surface area contributed by atoms with Crippen molar-refractivity contribution >= 4 is 38.4 Å². The molecule has 0 aliphatic carbocycles. The second-order valence-electron chi connectivity index (χ2n) is 7.37. The molecule has 3 heterocycles. The first-order chi connectivity index (χ1) is 16.5. The Kier molecular flexibility index (Phi) is 6.66. The van der Waals surface area contributed by atoms with E-state index in [0.29, 0.717) is 27.0 Å². The van der Waals surface area contributed by atoms with E-state index in [9.17, 15) is 31.5 Å². The summed E-state index contributed by atoms with van der Waals surface area (Å²) in [5.41, 5.74) is 0.685. The van der Waals surface area contributed by atoms with E-state index in [4.69, 9.17) is 0 Å². The van der Waals surface area contributed by atoms with Crippen LogP contribution < -0.4 is 4.72 Å². The number of aromatic amines is 1. The first kappa shape index (κ1) is 24.5. The maximum Gasteiger partial charge on any atom is 0.416 e. The monoisotopic (exact) mass is 519 g/mol. The predicted molar refractivity (Wildman–Crippen MR) is 123 cm³/mol. The maximum atomic E-state index is 12.8. The number of nitrogens with zero attached hydrogens (tertiary/aromatic N) is 1. The topological polar surface area (TPSA) is 112 Å². The van der Waals surface area contributed by atoms with Crippen LogP contribution >= 0.6 is 11.3 Å². The number of hydrogen-bond donors (Lipinski definition) is 3. The number of alkyl halides is 3. The molecule has 1 aromatic carbocycles. The van der Waals surface area contributed by atoms with E-state index in [0.717, 1.165) is 23.5 Å². The standard InChI is InChI=1S/C23H16F3N3O4S2/c24-23(25,26)16-6-3-14(4-7-16)5-8-17-9-10-20(34-17)35(32,33)29-19(22(30)31)12-15-13-28-21-18(15)2-1-11-27-21/h1-4,6-7,9-11,13,19,29H,12H2,(H,27,28)(H,30,31)/t19-/m1/s1. The van der Waals surface area contributed by atoms with Gasteiger partial charge in [-0.15, -0.1) is 11.3 Å². The lowest BCUT2D eigenvalue weighted by molar-refractivity contribution is -0.139. The summed E-state index contributed by atoms with van der Waals surface area (Å²) in [6.07, 6.45) is -1.39. The minimum atomic E-state index is -4.45. The Morgan fingerprint density at radius 1 is 1.14 bits per heavy atom. The molecule has 4 rings (SSSR count). The fraction of sp³-hybridized carbons (Fsp3) is 0.130. The van der Waals surface area contributed by atoms with Crippen LogP contribution in [-0.4, -0.2) is 35.5 Å². The van der Waals surface area contributed by atoms with Crippen LogP contribution in [0.3, 0.4) is 0 Å². The molecule has 3 aromatic heterocycles. The largest absolute Gasteiger partial charge is 0.480 e. The summed E-state index contributed by atoms with van der Waals surface area (Å²) in [6.45, 7) is 0. The third-order valence-corrected chi connectivity index (χ3v) is 7.91. The van der Waals surface area contributed by atoms with Crippen molar-refractivity contribution in [3.05, 3.63) is 82.5 Å². The first-order valence-electron chi connectivity index (χ1n) is 9.98. The SMILES string of the molecule is O=C(O)[C@@H](Cc1c[nH]c2ncccc12)NS(=O)(=O)c1ccc(C#Cc2ccc(C(F)(F)F)cc2)s1. The molecule has 0 fully saturated rings. The van der Waals surface area contributed by atoms with Crippen molar-refractivity contribution < 1.29 is 31.5 Å². The third kappa shape index (κ3) is 5.71. The Morgan fingerprint density at radius 3 is 2.57 bits per heavy atom. The van der Waals surface area contributed by atoms with E-state index in [2.05, 4.69) is 26.5 Å². The van der Waals surface area contributed by atoms with Gasteiger partial charge in [-0.05, 0) is 54.1 Å².